The van der Waals surface area contributed by atoms with E-state index in [2.05, 4.69) is 40.7 Å². The van der Waals surface area contributed by atoms with Gasteiger partial charge in [-0.1, -0.05) is 6.92 Å². The van der Waals surface area contributed by atoms with Gasteiger partial charge in [-0.05, 0) is 26.8 Å². The third kappa shape index (κ3) is 2.71. The maximum Gasteiger partial charge on any atom is 0.130 e. The van der Waals surface area contributed by atoms with Crippen LogP contribution in [0.2, 0.25) is 0 Å². The van der Waals surface area contributed by atoms with Gasteiger partial charge in [-0.3, -0.25) is 4.68 Å². The van der Waals surface area contributed by atoms with Crippen LogP contribution in [-0.2, 0) is 13.6 Å². The molecular formula is C14H23N5. The van der Waals surface area contributed by atoms with Crippen molar-refractivity contribution in [1.29, 1.82) is 0 Å². The van der Waals surface area contributed by atoms with E-state index >= 15 is 0 Å². The maximum atomic E-state index is 4.53. The number of nitrogens with zero attached hydrogens (tertiary/aromatic N) is 4. The number of aryl methyl sites for hydroxylation is 2. The van der Waals surface area contributed by atoms with Gasteiger partial charge < -0.3 is 9.88 Å². The van der Waals surface area contributed by atoms with Gasteiger partial charge in [-0.15, -0.1) is 0 Å². The minimum absolute atomic E-state index is 0.114. The highest BCUT2D eigenvalue weighted by Crippen LogP contribution is 2.23. The lowest BCUT2D eigenvalue weighted by Gasteiger charge is -2.19. The maximum absolute atomic E-state index is 4.53. The summed E-state index contributed by atoms with van der Waals surface area (Å²) in [6, 6.07) is 0.114. The Morgan fingerprint density at radius 2 is 2.16 bits per heavy atom. The number of hydrogen-bond acceptors (Lipinski definition) is 3. The van der Waals surface area contributed by atoms with E-state index in [1.54, 1.807) is 0 Å². The van der Waals surface area contributed by atoms with Gasteiger partial charge in [0.2, 0.25) is 0 Å². The molecule has 0 aliphatic carbocycles. The summed E-state index contributed by atoms with van der Waals surface area (Å²) >= 11 is 0. The van der Waals surface area contributed by atoms with Crippen molar-refractivity contribution in [2.45, 2.75) is 39.8 Å². The van der Waals surface area contributed by atoms with Crippen LogP contribution in [0.25, 0.3) is 0 Å². The summed E-state index contributed by atoms with van der Waals surface area (Å²) in [5.74, 6) is 1.06. The van der Waals surface area contributed by atoms with Gasteiger partial charge in [0.15, 0.2) is 0 Å². The van der Waals surface area contributed by atoms with Crippen LogP contribution in [0.3, 0.4) is 0 Å². The van der Waals surface area contributed by atoms with E-state index in [4.69, 9.17) is 0 Å². The molecule has 0 bridgehead atoms. The molecule has 1 unspecified atom stereocenters. The van der Waals surface area contributed by atoms with Gasteiger partial charge in [0.25, 0.3) is 0 Å². The van der Waals surface area contributed by atoms with Crippen LogP contribution in [0, 0.1) is 6.92 Å². The summed E-state index contributed by atoms with van der Waals surface area (Å²) in [6.45, 7) is 8.31. The van der Waals surface area contributed by atoms with Gasteiger partial charge in [-0.2, -0.15) is 5.10 Å². The Hall–Kier alpha value is -1.62. The van der Waals surface area contributed by atoms with Crippen LogP contribution in [0.5, 0.6) is 0 Å². The highest BCUT2D eigenvalue weighted by Gasteiger charge is 2.21. The molecule has 2 heterocycles. The molecule has 0 radical (unpaired) electrons. The lowest BCUT2D eigenvalue weighted by molar-refractivity contribution is 0.539. The van der Waals surface area contributed by atoms with Crippen molar-refractivity contribution in [3.8, 4) is 0 Å². The van der Waals surface area contributed by atoms with Crippen molar-refractivity contribution in [3.05, 3.63) is 35.7 Å². The molecule has 0 spiro atoms. The standard InChI is InChI=1S/C14H23N5/c1-5-7-15-13(12-10-17-18(4)11(12)3)14-16-8-9-19(14)6-2/h8-10,13,15H,5-7H2,1-4H3. The SMILES string of the molecule is CCCNC(c1cnn(C)c1C)c1nccn1CC. The minimum Gasteiger partial charge on any atom is -0.334 e. The Morgan fingerprint density at radius 1 is 1.37 bits per heavy atom. The first kappa shape index (κ1) is 13.8. The number of hydrogen-bond donors (Lipinski definition) is 1. The summed E-state index contributed by atoms with van der Waals surface area (Å²) in [7, 11) is 1.97. The van der Waals surface area contributed by atoms with Gasteiger partial charge in [0.1, 0.15) is 5.82 Å². The minimum atomic E-state index is 0.114. The Bertz CT molecular complexity index is 526. The van der Waals surface area contributed by atoms with Crippen molar-refractivity contribution in [1.82, 2.24) is 24.6 Å². The van der Waals surface area contributed by atoms with E-state index in [0.29, 0.717) is 0 Å². The summed E-state index contributed by atoms with van der Waals surface area (Å²) < 4.78 is 4.09. The van der Waals surface area contributed by atoms with Crippen LogP contribution in [0.4, 0.5) is 0 Å². The molecule has 1 N–H and O–H groups in total. The zero-order valence-electron chi connectivity index (χ0n) is 12.2. The predicted molar refractivity (Wildman–Crippen MR) is 76.0 cm³/mol. The molecule has 104 valence electrons. The van der Waals surface area contributed by atoms with E-state index in [1.165, 1.54) is 11.3 Å². The highest BCUT2D eigenvalue weighted by molar-refractivity contribution is 5.27. The number of aromatic nitrogens is 4. The fourth-order valence-electron chi connectivity index (χ4n) is 2.28. The van der Waals surface area contributed by atoms with E-state index in [1.807, 2.05) is 30.3 Å². The fourth-order valence-corrected chi connectivity index (χ4v) is 2.28. The lowest BCUT2D eigenvalue weighted by atomic mass is 10.1. The monoisotopic (exact) mass is 261 g/mol. The first-order valence-corrected chi connectivity index (χ1v) is 6.91. The van der Waals surface area contributed by atoms with Gasteiger partial charge in [0.05, 0.1) is 12.2 Å². The molecule has 19 heavy (non-hydrogen) atoms. The third-order valence-electron chi connectivity index (χ3n) is 3.53. The molecule has 1 atom stereocenters. The van der Waals surface area contributed by atoms with Crippen molar-refractivity contribution in [3.63, 3.8) is 0 Å². The largest absolute Gasteiger partial charge is 0.334 e. The molecule has 0 saturated carbocycles. The van der Waals surface area contributed by atoms with Crippen LogP contribution >= 0.6 is 0 Å². The third-order valence-corrected chi connectivity index (χ3v) is 3.53. The highest BCUT2D eigenvalue weighted by atomic mass is 15.3. The molecule has 0 aliphatic rings. The molecule has 0 fully saturated rings. The Balaban J connectivity index is 2.38. The lowest BCUT2D eigenvalue weighted by Crippen LogP contribution is -2.26. The predicted octanol–water partition coefficient (Wildman–Crippen LogP) is 2.03. The molecule has 2 rings (SSSR count). The first-order valence-electron chi connectivity index (χ1n) is 6.91. The van der Waals surface area contributed by atoms with Crippen molar-refractivity contribution in [2.24, 2.45) is 7.05 Å². The molecule has 2 aromatic heterocycles. The van der Waals surface area contributed by atoms with E-state index in [-0.39, 0.29) is 6.04 Å². The number of rotatable bonds is 6. The summed E-state index contributed by atoms with van der Waals surface area (Å²) in [4.78, 5) is 4.53. The fraction of sp³-hybridized carbons (Fsp3) is 0.571. The smallest absolute Gasteiger partial charge is 0.130 e. The van der Waals surface area contributed by atoms with Crippen LogP contribution in [0.1, 0.15) is 43.4 Å². The molecule has 0 aliphatic heterocycles. The van der Waals surface area contributed by atoms with Crippen LogP contribution in [-0.4, -0.2) is 25.9 Å². The van der Waals surface area contributed by atoms with Crippen molar-refractivity contribution < 1.29 is 0 Å². The zero-order chi connectivity index (χ0) is 13.8. The number of nitrogens with one attached hydrogen (secondary N) is 1. The number of imidazole rings is 1. The Kier molecular flexibility index (Phi) is 4.37. The normalized spacial score (nSPS) is 12.8. The molecule has 0 amide bonds. The molecule has 0 saturated heterocycles. The molecule has 0 aromatic carbocycles. The van der Waals surface area contributed by atoms with Crippen LogP contribution in [0.15, 0.2) is 18.6 Å². The topological polar surface area (TPSA) is 47.7 Å². The molecular weight excluding hydrogens is 238 g/mol. The van der Waals surface area contributed by atoms with Gasteiger partial charge in [0, 0.05) is 37.2 Å². The van der Waals surface area contributed by atoms with Crippen LogP contribution < -0.4 is 5.32 Å². The van der Waals surface area contributed by atoms with Gasteiger partial charge >= 0.3 is 0 Å². The average Bonchev–Trinajstić information content (AvgIpc) is 3.00. The first-order chi connectivity index (χ1) is 9.19. The van der Waals surface area contributed by atoms with E-state index in [0.717, 1.165) is 25.3 Å². The van der Waals surface area contributed by atoms with Crippen molar-refractivity contribution in [2.75, 3.05) is 6.54 Å². The Morgan fingerprint density at radius 3 is 2.74 bits per heavy atom. The second-order valence-electron chi connectivity index (χ2n) is 4.77. The molecule has 5 nitrogen and oxygen atoms in total. The second kappa shape index (κ2) is 6.02. The van der Waals surface area contributed by atoms with Gasteiger partial charge in [-0.25, -0.2) is 4.98 Å². The van der Waals surface area contributed by atoms with E-state index < -0.39 is 0 Å². The second-order valence-corrected chi connectivity index (χ2v) is 4.77. The Labute approximate surface area is 114 Å². The summed E-state index contributed by atoms with van der Waals surface area (Å²) in [6.07, 6.45) is 6.94. The summed E-state index contributed by atoms with van der Waals surface area (Å²) in [5.41, 5.74) is 2.39. The molecule has 2 aromatic rings. The average molecular weight is 261 g/mol. The summed E-state index contributed by atoms with van der Waals surface area (Å²) in [5, 5.41) is 7.93. The zero-order valence-corrected chi connectivity index (χ0v) is 12.2. The quantitative estimate of drug-likeness (QED) is 0.865. The van der Waals surface area contributed by atoms with E-state index in [9.17, 15) is 0 Å². The van der Waals surface area contributed by atoms with Crippen molar-refractivity contribution >= 4 is 0 Å². The molecule has 5 heteroatoms.